The Bertz CT molecular complexity index is 514. The van der Waals surface area contributed by atoms with Gasteiger partial charge in [0.05, 0.1) is 18.2 Å². The summed E-state index contributed by atoms with van der Waals surface area (Å²) >= 11 is 0. The van der Waals surface area contributed by atoms with Crippen molar-refractivity contribution >= 4 is 11.0 Å². The first kappa shape index (κ1) is 15.0. The zero-order chi connectivity index (χ0) is 14.6. The molecular weight excluding hydrogens is 254 g/mol. The third-order valence-corrected chi connectivity index (χ3v) is 3.51. The molecule has 1 atom stereocenters. The van der Waals surface area contributed by atoms with Gasteiger partial charge in [0.15, 0.2) is 0 Å². The standard InChI is InChI=1S/C16H23NO3/c1-16(2,18-3)8-9-19-11-13(17)15-10-12-6-4-5-7-14(12)20-15/h4-7,10,13H,8-9,11,17H2,1-3H3. The molecule has 2 aromatic rings. The summed E-state index contributed by atoms with van der Waals surface area (Å²) in [7, 11) is 1.71. The number of hydrogen-bond acceptors (Lipinski definition) is 4. The molecule has 2 rings (SSSR count). The molecule has 0 aliphatic heterocycles. The lowest BCUT2D eigenvalue weighted by atomic mass is 10.1. The Morgan fingerprint density at radius 2 is 2.05 bits per heavy atom. The van der Waals surface area contributed by atoms with Crippen molar-refractivity contribution in [3.63, 3.8) is 0 Å². The Balaban J connectivity index is 1.84. The summed E-state index contributed by atoms with van der Waals surface area (Å²) in [5.74, 6) is 0.761. The SMILES string of the molecule is COC(C)(C)CCOCC(N)c1cc2ccccc2o1. The number of nitrogens with two attached hydrogens (primary N) is 1. The van der Waals surface area contributed by atoms with Crippen LogP contribution in [0.15, 0.2) is 34.7 Å². The molecule has 0 amide bonds. The molecule has 1 unspecified atom stereocenters. The van der Waals surface area contributed by atoms with E-state index < -0.39 is 0 Å². The minimum absolute atomic E-state index is 0.163. The predicted molar refractivity (Wildman–Crippen MR) is 79.7 cm³/mol. The van der Waals surface area contributed by atoms with Gasteiger partial charge >= 0.3 is 0 Å². The van der Waals surface area contributed by atoms with E-state index in [1.807, 2.05) is 44.2 Å². The number of furan rings is 1. The first-order valence-corrected chi connectivity index (χ1v) is 6.89. The molecule has 0 spiro atoms. The van der Waals surface area contributed by atoms with Crippen LogP contribution in [0, 0.1) is 0 Å². The molecule has 0 saturated heterocycles. The molecule has 0 bridgehead atoms. The van der Waals surface area contributed by atoms with Crippen molar-refractivity contribution < 1.29 is 13.9 Å². The first-order valence-electron chi connectivity index (χ1n) is 6.89. The van der Waals surface area contributed by atoms with Gasteiger partial charge in [0.1, 0.15) is 11.3 Å². The highest BCUT2D eigenvalue weighted by molar-refractivity contribution is 5.77. The summed E-state index contributed by atoms with van der Waals surface area (Å²) in [5.41, 5.74) is 6.79. The van der Waals surface area contributed by atoms with Crippen molar-refractivity contribution in [2.75, 3.05) is 20.3 Å². The average molecular weight is 277 g/mol. The fraction of sp³-hybridized carbons (Fsp3) is 0.500. The largest absolute Gasteiger partial charge is 0.459 e. The molecule has 0 radical (unpaired) electrons. The number of benzene rings is 1. The number of fused-ring (bicyclic) bond motifs is 1. The Morgan fingerprint density at radius 1 is 1.30 bits per heavy atom. The summed E-state index contributed by atoms with van der Waals surface area (Å²) in [4.78, 5) is 0. The third kappa shape index (κ3) is 3.82. The molecule has 0 aliphatic carbocycles. The summed E-state index contributed by atoms with van der Waals surface area (Å²) in [5, 5.41) is 1.07. The molecule has 110 valence electrons. The van der Waals surface area contributed by atoms with Gasteiger partial charge in [0, 0.05) is 19.1 Å². The highest BCUT2D eigenvalue weighted by Gasteiger charge is 2.17. The van der Waals surface area contributed by atoms with Crippen LogP contribution in [0.2, 0.25) is 0 Å². The van der Waals surface area contributed by atoms with Crippen LogP contribution in [0.1, 0.15) is 32.1 Å². The van der Waals surface area contributed by atoms with E-state index in [2.05, 4.69) is 0 Å². The lowest BCUT2D eigenvalue weighted by molar-refractivity contribution is -0.0118. The number of para-hydroxylation sites is 1. The molecule has 0 aliphatic rings. The Labute approximate surface area is 119 Å². The van der Waals surface area contributed by atoms with Gasteiger partial charge in [-0.3, -0.25) is 0 Å². The minimum Gasteiger partial charge on any atom is -0.459 e. The summed E-state index contributed by atoms with van der Waals surface area (Å²) in [6.45, 7) is 5.14. The van der Waals surface area contributed by atoms with E-state index in [0.29, 0.717) is 13.2 Å². The minimum atomic E-state index is -0.243. The van der Waals surface area contributed by atoms with E-state index in [1.54, 1.807) is 7.11 Å². The van der Waals surface area contributed by atoms with Crippen molar-refractivity contribution in [2.45, 2.75) is 31.9 Å². The summed E-state index contributed by atoms with van der Waals surface area (Å²) in [6, 6.07) is 9.61. The van der Waals surface area contributed by atoms with Gasteiger partial charge in [0.2, 0.25) is 0 Å². The maximum atomic E-state index is 6.09. The van der Waals surface area contributed by atoms with Crippen molar-refractivity contribution in [3.8, 4) is 0 Å². The first-order chi connectivity index (χ1) is 9.52. The monoisotopic (exact) mass is 277 g/mol. The van der Waals surface area contributed by atoms with Crippen LogP contribution < -0.4 is 5.73 Å². The molecule has 4 heteroatoms. The fourth-order valence-electron chi connectivity index (χ4n) is 1.90. The molecule has 1 heterocycles. The van der Waals surface area contributed by atoms with E-state index in [9.17, 15) is 0 Å². The van der Waals surface area contributed by atoms with Gasteiger partial charge < -0.3 is 19.6 Å². The highest BCUT2D eigenvalue weighted by atomic mass is 16.5. The normalized spacial score (nSPS) is 13.8. The van der Waals surface area contributed by atoms with E-state index in [1.165, 1.54) is 0 Å². The fourth-order valence-corrected chi connectivity index (χ4v) is 1.90. The van der Waals surface area contributed by atoms with Crippen molar-refractivity contribution in [1.82, 2.24) is 0 Å². The lowest BCUT2D eigenvalue weighted by Gasteiger charge is -2.22. The van der Waals surface area contributed by atoms with Gasteiger partial charge in [-0.2, -0.15) is 0 Å². The number of methoxy groups -OCH3 is 1. The van der Waals surface area contributed by atoms with Crippen LogP contribution in [-0.4, -0.2) is 25.9 Å². The second-order valence-electron chi connectivity index (χ2n) is 5.58. The maximum Gasteiger partial charge on any atom is 0.134 e. The van der Waals surface area contributed by atoms with Crippen LogP contribution in [0.5, 0.6) is 0 Å². The van der Waals surface area contributed by atoms with Crippen molar-refractivity contribution in [3.05, 3.63) is 36.1 Å². The van der Waals surface area contributed by atoms with Crippen LogP contribution >= 0.6 is 0 Å². The highest BCUT2D eigenvalue weighted by Crippen LogP contribution is 2.23. The molecule has 1 aromatic carbocycles. The molecule has 0 saturated carbocycles. The third-order valence-electron chi connectivity index (χ3n) is 3.51. The van der Waals surface area contributed by atoms with E-state index in [-0.39, 0.29) is 11.6 Å². The number of hydrogen-bond donors (Lipinski definition) is 1. The van der Waals surface area contributed by atoms with Gasteiger partial charge in [-0.05, 0) is 32.4 Å². The van der Waals surface area contributed by atoms with E-state index in [4.69, 9.17) is 19.6 Å². The van der Waals surface area contributed by atoms with Crippen molar-refractivity contribution in [2.24, 2.45) is 5.73 Å². The average Bonchev–Trinajstić information content (AvgIpc) is 2.87. The quantitative estimate of drug-likeness (QED) is 0.789. The molecule has 0 fully saturated rings. The smallest absolute Gasteiger partial charge is 0.134 e. The topological polar surface area (TPSA) is 57.6 Å². The second-order valence-corrected chi connectivity index (χ2v) is 5.58. The van der Waals surface area contributed by atoms with Gasteiger partial charge in [-0.15, -0.1) is 0 Å². The number of rotatable bonds is 7. The molecular formula is C16H23NO3. The lowest BCUT2D eigenvalue weighted by Crippen LogP contribution is -2.25. The zero-order valence-corrected chi connectivity index (χ0v) is 12.4. The van der Waals surface area contributed by atoms with Crippen LogP contribution in [0.3, 0.4) is 0 Å². The second kappa shape index (κ2) is 6.39. The molecule has 2 N–H and O–H groups in total. The summed E-state index contributed by atoms with van der Waals surface area (Å²) in [6.07, 6.45) is 0.830. The number of ether oxygens (including phenoxy) is 2. The van der Waals surface area contributed by atoms with Crippen LogP contribution in [0.4, 0.5) is 0 Å². The summed E-state index contributed by atoms with van der Waals surface area (Å²) < 4.78 is 16.7. The van der Waals surface area contributed by atoms with Gasteiger partial charge in [-0.25, -0.2) is 0 Å². The Morgan fingerprint density at radius 3 is 2.75 bits per heavy atom. The van der Waals surface area contributed by atoms with Crippen molar-refractivity contribution in [1.29, 1.82) is 0 Å². The Kier molecular flexibility index (Phi) is 4.81. The maximum absolute atomic E-state index is 6.09. The van der Waals surface area contributed by atoms with Gasteiger partial charge in [-0.1, -0.05) is 18.2 Å². The van der Waals surface area contributed by atoms with E-state index >= 15 is 0 Å². The van der Waals surface area contributed by atoms with E-state index in [0.717, 1.165) is 23.2 Å². The predicted octanol–water partition coefficient (Wildman–Crippen LogP) is 3.26. The van der Waals surface area contributed by atoms with Gasteiger partial charge in [0.25, 0.3) is 0 Å². The van der Waals surface area contributed by atoms with Crippen LogP contribution in [0.25, 0.3) is 11.0 Å². The zero-order valence-electron chi connectivity index (χ0n) is 12.4. The molecule has 20 heavy (non-hydrogen) atoms. The molecule has 1 aromatic heterocycles. The van der Waals surface area contributed by atoms with Crippen LogP contribution in [-0.2, 0) is 9.47 Å². The Hall–Kier alpha value is -1.36. The molecule has 4 nitrogen and oxygen atoms in total.